The summed E-state index contributed by atoms with van der Waals surface area (Å²) in [5.74, 6) is -2.76. The Morgan fingerprint density at radius 3 is 2.19 bits per heavy atom. The Bertz CT molecular complexity index is 649. The van der Waals surface area contributed by atoms with Gasteiger partial charge in [0, 0.05) is 11.8 Å². The van der Waals surface area contributed by atoms with Gasteiger partial charge in [-0.25, -0.2) is 4.79 Å². The van der Waals surface area contributed by atoms with Gasteiger partial charge in [-0.2, -0.15) is 18.4 Å². The van der Waals surface area contributed by atoms with Crippen LogP contribution < -0.4 is 0 Å². The molecule has 0 amide bonds. The fourth-order valence-electron chi connectivity index (χ4n) is 1.32. The standard InChI is InChI=1S/C12H8N2.C2HF3O2/c13-9-11-7-4-8-14-12(11)10-5-2-1-3-6-10;3-2(4,5)1(6)7/h1-8H;(H,6,7). The Morgan fingerprint density at radius 1 is 1.14 bits per heavy atom. The van der Waals surface area contributed by atoms with Gasteiger partial charge in [-0.1, -0.05) is 30.3 Å². The van der Waals surface area contributed by atoms with Gasteiger partial charge in [-0.05, 0) is 12.1 Å². The van der Waals surface area contributed by atoms with E-state index in [2.05, 4.69) is 11.1 Å². The number of alkyl halides is 3. The average molecular weight is 294 g/mol. The summed E-state index contributed by atoms with van der Waals surface area (Å²) >= 11 is 0. The van der Waals surface area contributed by atoms with Crippen molar-refractivity contribution in [2.75, 3.05) is 0 Å². The third-order valence-electron chi connectivity index (χ3n) is 2.22. The molecule has 0 saturated carbocycles. The van der Waals surface area contributed by atoms with Gasteiger partial charge >= 0.3 is 12.1 Å². The first kappa shape index (κ1) is 16.2. The second kappa shape index (κ2) is 7.05. The molecule has 2 rings (SSSR count). The number of aromatic nitrogens is 1. The van der Waals surface area contributed by atoms with E-state index in [4.69, 9.17) is 15.2 Å². The molecule has 0 radical (unpaired) electrons. The third-order valence-corrected chi connectivity index (χ3v) is 2.22. The zero-order valence-electron chi connectivity index (χ0n) is 10.5. The molecule has 1 aromatic carbocycles. The van der Waals surface area contributed by atoms with E-state index in [1.54, 1.807) is 18.3 Å². The molecular formula is C14H9F3N2O2. The molecule has 4 nitrogen and oxygen atoms in total. The predicted molar refractivity (Wildman–Crippen MR) is 68.1 cm³/mol. The van der Waals surface area contributed by atoms with Crippen molar-refractivity contribution in [3.8, 4) is 17.3 Å². The maximum atomic E-state index is 10.6. The smallest absolute Gasteiger partial charge is 0.475 e. The summed E-state index contributed by atoms with van der Waals surface area (Å²) in [5, 5.41) is 16.0. The first-order valence-corrected chi connectivity index (χ1v) is 5.57. The molecule has 1 N–H and O–H groups in total. The lowest BCUT2D eigenvalue weighted by atomic mass is 10.1. The van der Waals surface area contributed by atoms with E-state index in [0.29, 0.717) is 5.56 Å². The topological polar surface area (TPSA) is 74.0 Å². The molecule has 7 heteroatoms. The van der Waals surface area contributed by atoms with Gasteiger partial charge in [-0.15, -0.1) is 0 Å². The molecule has 2 aromatic rings. The van der Waals surface area contributed by atoms with E-state index >= 15 is 0 Å². The minimum atomic E-state index is -5.08. The highest BCUT2D eigenvalue weighted by Gasteiger charge is 2.38. The normalized spacial score (nSPS) is 10.0. The number of carboxylic acids is 1. The molecule has 0 bridgehead atoms. The Labute approximate surface area is 118 Å². The van der Waals surface area contributed by atoms with Crippen molar-refractivity contribution in [3.63, 3.8) is 0 Å². The monoisotopic (exact) mass is 294 g/mol. The Kier molecular flexibility index (Phi) is 5.43. The molecule has 0 atom stereocenters. The molecule has 108 valence electrons. The maximum Gasteiger partial charge on any atom is 0.490 e. The molecule has 0 aliphatic heterocycles. The van der Waals surface area contributed by atoms with Crippen molar-refractivity contribution in [1.29, 1.82) is 5.26 Å². The zero-order valence-corrected chi connectivity index (χ0v) is 10.5. The summed E-state index contributed by atoms with van der Waals surface area (Å²) in [5.41, 5.74) is 2.33. The summed E-state index contributed by atoms with van der Waals surface area (Å²) in [4.78, 5) is 13.1. The van der Waals surface area contributed by atoms with Crippen molar-refractivity contribution >= 4 is 5.97 Å². The Morgan fingerprint density at radius 2 is 1.71 bits per heavy atom. The highest BCUT2D eigenvalue weighted by molar-refractivity contribution is 5.73. The number of nitriles is 1. The van der Waals surface area contributed by atoms with Crippen molar-refractivity contribution in [3.05, 3.63) is 54.2 Å². The van der Waals surface area contributed by atoms with E-state index in [-0.39, 0.29) is 0 Å². The van der Waals surface area contributed by atoms with E-state index in [9.17, 15) is 13.2 Å². The average Bonchev–Trinajstić information content (AvgIpc) is 2.48. The highest BCUT2D eigenvalue weighted by Crippen LogP contribution is 2.19. The van der Waals surface area contributed by atoms with Crippen molar-refractivity contribution in [1.82, 2.24) is 4.98 Å². The van der Waals surface area contributed by atoms with E-state index in [1.165, 1.54) is 0 Å². The first-order chi connectivity index (χ1) is 9.86. The number of aliphatic carboxylic acids is 1. The van der Waals surface area contributed by atoms with E-state index in [0.717, 1.165) is 11.3 Å². The molecule has 0 spiro atoms. The highest BCUT2D eigenvalue weighted by atomic mass is 19.4. The maximum absolute atomic E-state index is 10.6. The van der Waals surface area contributed by atoms with Crippen LogP contribution in [0.25, 0.3) is 11.3 Å². The number of halogens is 3. The van der Waals surface area contributed by atoms with Crippen LogP contribution in [0.5, 0.6) is 0 Å². The number of benzene rings is 1. The van der Waals surface area contributed by atoms with Crippen LogP contribution in [0.4, 0.5) is 13.2 Å². The lowest BCUT2D eigenvalue weighted by Crippen LogP contribution is -2.21. The van der Waals surface area contributed by atoms with Crippen LogP contribution in [-0.2, 0) is 4.79 Å². The molecule has 0 aliphatic carbocycles. The zero-order chi connectivity index (χ0) is 15.9. The van der Waals surface area contributed by atoms with Gasteiger partial charge in [-0.3, -0.25) is 4.98 Å². The number of pyridine rings is 1. The second-order valence-electron chi connectivity index (χ2n) is 3.68. The summed E-state index contributed by atoms with van der Waals surface area (Å²) in [6, 6.07) is 15.4. The van der Waals surface area contributed by atoms with Crippen LogP contribution in [0.15, 0.2) is 48.7 Å². The van der Waals surface area contributed by atoms with Crippen molar-refractivity contribution < 1.29 is 23.1 Å². The van der Waals surface area contributed by atoms with E-state index in [1.807, 2.05) is 30.3 Å². The SMILES string of the molecule is N#Cc1cccnc1-c1ccccc1.O=C(O)C(F)(F)F. The number of nitrogens with zero attached hydrogens (tertiary/aromatic N) is 2. The molecule has 1 heterocycles. The van der Waals surface area contributed by atoms with Crippen LogP contribution in [0.2, 0.25) is 0 Å². The van der Waals surface area contributed by atoms with Crippen molar-refractivity contribution in [2.24, 2.45) is 0 Å². The van der Waals surface area contributed by atoms with Crippen molar-refractivity contribution in [2.45, 2.75) is 6.18 Å². The number of hydrogen-bond acceptors (Lipinski definition) is 3. The van der Waals surface area contributed by atoms with Gasteiger partial charge in [0.05, 0.1) is 11.3 Å². The molecule has 0 aliphatic rings. The molecule has 1 aromatic heterocycles. The summed E-state index contributed by atoms with van der Waals surface area (Å²) < 4.78 is 31.7. The van der Waals surface area contributed by atoms with Crippen LogP contribution >= 0.6 is 0 Å². The van der Waals surface area contributed by atoms with Crippen LogP contribution in [0, 0.1) is 11.3 Å². The van der Waals surface area contributed by atoms with Gasteiger partial charge < -0.3 is 5.11 Å². The van der Waals surface area contributed by atoms with Gasteiger partial charge in [0.1, 0.15) is 6.07 Å². The van der Waals surface area contributed by atoms with E-state index < -0.39 is 12.1 Å². The first-order valence-electron chi connectivity index (χ1n) is 5.57. The second-order valence-corrected chi connectivity index (χ2v) is 3.68. The minimum absolute atomic E-state index is 0.610. The minimum Gasteiger partial charge on any atom is -0.475 e. The van der Waals surface area contributed by atoms with Gasteiger partial charge in [0.25, 0.3) is 0 Å². The summed E-state index contributed by atoms with van der Waals surface area (Å²) in [6.07, 6.45) is -3.39. The summed E-state index contributed by atoms with van der Waals surface area (Å²) in [7, 11) is 0. The third kappa shape index (κ3) is 4.95. The van der Waals surface area contributed by atoms with Crippen LogP contribution in [0.1, 0.15) is 5.56 Å². The van der Waals surface area contributed by atoms with Crippen LogP contribution in [-0.4, -0.2) is 22.2 Å². The fraction of sp³-hybridized carbons (Fsp3) is 0.0714. The van der Waals surface area contributed by atoms with Crippen LogP contribution in [0.3, 0.4) is 0 Å². The number of hydrogen-bond donors (Lipinski definition) is 1. The molecule has 0 fully saturated rings. The fourth-order valence-corrected chi connectivity index (χ4v) is 1.32. The summed E-state index contributed by atoms with van der Waals surface area (Å²) in [6.45, 7) is 0. The Hall–Kier alpha value is -2.88. The number of rotatable bonds is 1. The van der Waals surface area contributed by atoms with Gasteiger partial charge in [0.15, 0.2) is 0 Å². The molecular weight excluding hydrogens is 285 g/mol. The number of carboxylic acid groups (broad SMARTS) is 1. The quantitative estimate of drug-likeness (QED) is 0.876. The van der Waals surface area contributed by atoms with Gasteiger partial charge in [0.2, 0.25) is 0 Å². The largest absolute Gasteiger partial charge is 0.490 e. The lowest BCUT2D eigenvalue weighted by Gasteiger charge is -2.01. The Balaban J connectivity index is 0.000000270. The molecule has 0 saturated heterocycles. The lowest BCUT2D eigenvalue weighted by molar-refractivity contribution is -0.192. The number of carbonyl (C=O) groups is 1. The molecule has 0 unspecified atom stereocenters. The molecule has 21 heavy (non-hydrogen) atoms. The predicted octanol–water partition coefficient (Wildman–Crippen LogP) is 3.25.